The van der Waals surface area contributed by atoms with Gasteiger partial charge in [0.1, 0.15) is 0 Å². The molecule has 0 heterocycles. The van der Waals surface area contributed by atoms with E-state index in [1.165, 1.54) is 19.3 Å². The Bertz CT molecular complexity index is 37.8. The van der Waals surface area contributed by atoms with Gasteiger partial charge in [0.15, 0.2) is 0 Å². The van der Waals surface area contributed by atoms with Crippen LogP contribution < -0.4 is 0 Å². The molecule has 0 aliphatic carbocycles. The number of unbranched alkanes of at least 4 members (excludes halogenated alkanes) is 3. The third-order valence-electron chi connectivity index (χ3n) is 1.20. The Morgan fingerprint density at radius 1 is 1.33 bits per heavy atom. The molecule has 0 aliphatic heterocycles. The first-order valence-corrected chi connectivity index (χ1v) is 3.81. The fourth-order valence-electron chi connectivity index (χ4n) is 0.633. The van der Waals surface area contributed by atoms with E-state index in [1.54, 1.807) is 0 Å². The molecule has 0 aromatic heterocycles. The minimum absolute atomic E-state index is 0.830. The van der Waals surface area contributed by atoms with Crippen LogP contribution in [-0.4, -0.2) is 13.2 Å². The minimum Gasteiger partial charge on any atom is -0.381 e. The zero-order valence-corrected chi connectivity index (χ0v) is 6.52. The molecule has 0 N–H and O–H groups in total. The van der Waals surface area contributed by atoms with Crippen molar-refractivity contribution in [2.45, 2.75) is 33.1 Å². The van der Waals surface area contributed by atoms with Crippen LogP contribution in [0.25, 0.3) is 0 Å². The average Bonchev–Trinajstić information content (AvgIpc) is 1.89. The quantitative estimate of drug-likeness (QED) is 0.500. The van der Waals surface area contributed by atoms with Crippen LogP contribution in [0.4, 0.5) is 0 Å². The van der Waals surface area contributed by atoms with Gasteiger partial charge >= 0.3 is 0 Å². The predicted molar refractivity (Wildman–Crippen MR) is 40.3 cm³/mol. The van der Waals surface area contributed by atoms with Crippen LogP contribution in [0.15, 0.2) is 0 Å². The van der Waals surface area contributed by atoms with Gasteiger partial charge in [0.25, 0.3) is 0 Å². The van der Waals surface area contributed by atoms with Crippen LogP contribution in [0.3, 0.4) is 0 Å². The van der Waals surface area contributed by atoms with Crippen LogP contribution in [0.5, 0.6) is 0 Å². The van der Waals surface area contributed by atoms with Crippen LogP contribution >= 0.6 is 0 Å². The number of rotatable bonds is 6. The summed E-state index contributed by atoms with van der Waals surface area (Å²) in [7, 11) is 0. The molecule has 0 aromatic rings. The summed E-state index contributed by atoms with van der Waals surface area (Å²) in [6.45, 7) is 5.89. The van der Waals surface area contributed by atoms with Crippen LogP contribution in [0.1, 0.15) is 33.1 Å². The largest absolute Gasteiger partial charge is 0.381 e. The van der Waals surface area contributed by atoms with E-state index in [0.717, 1.165) is 13.2 Å². The molecule has 55 valence electrons. The Morgan fingerprint density at radius 3 is 2.67 bits per heavy atom. The minimum atomic E-state index is 0.830. The number of hydrogen-bond acceptors (Lipinski definition) is 1. The second-order valence-corrected chi connectivity index (χ2v) is 2.09. The zero-order chi connectivity index (χ0) is 6.95. The fourth-order valence-corrected chi connectivity index (χ4v) is 0.633. The van der Waals surface area contributed by atoms with E-state index in [9.17, 15) is 0 Å². The molecule has 1 heteroatoms. The highest BCUT2D eigenvalue weighted by atomic mass is 16.5. The molecule has 0 fully saturated rings. The van der Waals surface area contributed by atoms with E-state index >= 15 is 0 Å². The number of hydrogen-bond donors (Lipinski definition) is 0. The number of ether oxygens (including phenoxy) is 1. The monoisotopic (exact) mass is 129 g/mol. The van der Waals surface area contributed by atoms with Gasteiger partial charge in [-0.15, -0.1) is 0 Å². The summed E-state index contributed by atoms with van der Waals surface area (Å²) in [6.07, 6.45) is 5.99. The van der Waals surface area contributed by atoms with E-state index in [0.29, 0.717) is 0 Å². The van der Waals surface area contributed by atoms with E-state index in [4.69, 9.17) is 4.74 Å². The highest BCUT2D eigenvalue weighted by Crippen LogP contribution is 1.96. The average molecular weight is 129 g/mol. The Morgan fingerprint density at radius 2 is 2.11 bits per heavy atom. The second-order valence-electron chi connectivity index (χ2n) is 2.09. The summed E-state index contributed by atoms with van der Waals surface area (Å²) in [5, 5.41) is 0. The van der Waals surface area contributed by atoms with Gasteiger partial charge in [-0.2, -0.15) is 0 Å². The lowest BCUT2D eigenvalue weighted by Gasteiger charge is -1.98. The Kier molecular flexibility index (Phi) is 7.92. The van der Waals surface area contributed by atoms with E-state index in [1.807, 2.05) is 6.92 Å². The lowest BCUT2D eigenvalue weighted by atomic mass is 10.2. The van der Waals surface area contributed by atoms with Crippen molar-refractivity contribution in [3.8, 4) is 0 Å². The maximum absolute atomic E-state index is 5.12. The molecule has 0 rings (SSSR count). The topological polar surface area (TPSA) is 9.23 Å². The van der Waals surface area contributed by atoms with Gasteiger partial charge in [0.2, 0.25) is 0 Å². The molecule has 1 nitrogen and oxygen atoms in total. The highest BCUT2D eigenvalue weighted by molar-refractivity contribution is 4.61. The van der Waals surface area contributed by atoms with Gasteiger partial charge in [-0.05, 0) is 19.8 Å². The lowest BCUT2D eigenvalue weighted by Crippen LogP contribution is -1.93. The smallest absolute Gasteiger partial charge is 0.0497 e. The van der Waals surface area contributed by atoms with Gasteiger partial charge in [-0.1, -0.05) is 19.8 Å². The predicted octanol–water partition coefficient (Wildman–Crippen LogP) is 2.42. The standard InChI is InChI=1S/C8H17O/c1-3-5-6-7-8-9-4-2/h7H,3-6,8H2,1-2H3. The van der Waals surface area contributed by atoms with Crippen molar-refractivity contribution in [3.05, 3.63) is 6.42 Å². The van der Waals surface area contributed by atoms with Crippen molar-refractivity contribution in [3.63, 3.8) is 0 Å². The summed E-state index contributed by atoms with van der Waals surface area (Å²) in [5.41, 5.74) is 0. The molecule has 0 amide bonds. The summed E-state index contributed by atoms with van der Waals surface area (Å²) in [5.74, 6) is 0. The molecule has 0 atom stereocenters. The first-order chi connectivity index (χ1) is 4.41. The third kappa shape index (κ3) is 7.96. The second kappa shape index (κ2) is 7.96. The first kappa shape index (κ1) is 8.96. The Balaban J connectivity index is 2.60. The van der Waals surface area contributed by atoms with E-state index in [2.05, 4.69) is 13.3 Å². The van der Waals surface area contributed by atoms with Gasteiger partial charge in [0, 0.05) is 13.2 Å². The van der Waals surface area contributed by atoms with Crippen LogP contribution in [0.2, 0.25) is 0 Å². The van der Waals surface area contributed by atoms with Crippen molar-refractivity contribution >= 4 is 0 Å². The maximum Gasteiger partial charge on any atom is 0.0497 e. The van der Waals surface area contributed by atoms with Crippen molar-refractivity contribution in [1.82, 2.24) is 0 Å². The Hall–Kier alpha value is -0.0400. The molecule has 0 bridgehead atoms. The molecular weight excluding hydrogens is 112 g/mol. The third-order valence-corrected chi connectivity index (χ3v) is 1.20. The summed E-state index contributed by atoms with van der Waals surface area (Å²) < 4.78 is 5.12. The highest BCUT2D eigenvalue weighted by Gasteiger charge is 1.85. The molecule has 0 unspecified atom stereocenters. The normalized spacial score (nSPS) is 10.0. The van der Waals surface area contributed by atoms with Gasteiger partial charge in [-0.3, -0.25) is 0 Å². The van der Waals surface area contributed by atoms with Crippen molar-refractivity contribution in [2.24, 2.45) is 0 Å². The van der Waals surface area contributed by atoms with E-state index < -0.39 is 0 Å². The molecule has 0 saturated carbocycles. The first-order valence-electron chi connectivity index (χ1n) is 3.81. The molecule has 1 radical (unpaired) electrons. The SMILES string of the molecule is CCCC[CH]COCC. The Labute approximate surface area is 58.4 Å². The van der Waals surface area contributed by atoms with Crippen molar-refractivity contribution in [1.29, 1.82) is 0 Å². The fraction of sp³-hybridized carbons (Fsp3) is 0.875. The summed E-state index contributed by atoms with van der Waals surface area (Å²) in [4.78, 5) is 0. The molecule has 0 spiro atoms. The zero-order valence-electron chi connectivity index (χ0n) is 6.52. The maximum atomic E-state index is 5.12. The van der Waals surface area contributed by atoms with E-state index in [-0.39, 0.29) is 0 Å². The lowest BCUT2D eigenvalue weighted by molar-refractivity contribution is 0.166. The molecule has 0 saturated heterocycles. The molecular formula is C8H17O. The summed E-state index contributed by atoms with van der Waals surface area (Å²) in [6, 6.07) is 0. The van der Waals surface area contributed by atoms with Crippen molar-refractivity contribution in [2.75, 3.05) is 13.2 Å². The summed E-state index contributed by atoms with van der Waals surface area (Å²) >= 11 is 0. The molecule has 9 heavy (non-hydrogen) atoms. The van der Waals surface area contributed by atoms with Gasteiger partial charge in [0.05, 0.1) is 0 Å². The van der Waals surface area contributed by atoms with Crippen LogP contribution in [0, 0.1) is 6.42 Å². The van der Waals surface area contributed by atoms with Gasteiger partial charge in [-0.25, -0.2) is 0 Å². The van der Waals surface area contributed by atoms with Crippen LogP contribution in [-0.2, 0) is 4.74 Å². The molecule has 0 aromatic carbocycles. The van der Waals surface area contributed by atoms with Gasteiger partial charge < -0.3 is 4.74 Å². The van der Waals surface area contributed by atoms with Crippen molar-refractivity contribution < 1.29 is 4.74 Å². The molecule has 0 aliphatic rings.